The molecule has 72 valence electrons. The molecule has 0 spiro atoms. The maximum Gasteiger partial charge on any atom is 0.417 e. The number of halogens is 3. The van der Waals surface area contributed by atoms with Crippen molar-refractivity contribution in [2.75, 3.05) is 0 Å². The van der Waals surface area contributed by atoms with Gasteiger partial charge in [0.15, 0.2) is 0 Å². The Bertz CT molecular complexity index is 339. The predicted molar refractivity (Wildman–Crippen MR) is 36.4 cm³/mol. The molecule has 1 atom stereocenters. The maximum atomic E-state index is 12.1. The minimum atomic E-state index is -4.67. The molecule has 0 aromatic carbocycles. The van der Waals surface area contributed by atoms with Crippen LogP contribution < -0.4 is 0 Å². The molecule has 0 bridgehead atoms. The first-order chi connectivity index (χ1) is 5.93. The number of pyridine rings is 1. The monoisotopic (exact) mass is 210 g/mol. The molecule has 1 unspecified atom stereocenters. The number of aromatic nitrogens is 1. The Morgan fingerprint density at radius 1 is 1.46 bits per heavy atom. The lowest BCUT2D eigenvalue weighted by atomic mass is 10.3. The Morgan fingerprint density at radius 2 is 2.08 bits per heavy atom. The lowest BCUT2D eigenvalue weighted by Crippen LogP contribution is -2.10. The van der Waals surface area contributed by atoms with E-state index in [1.165, 1.54) is 0 Å². The van der Waals surface area contributed by atoms with Gasteiger partial charge in [-0.15, -0.1) is 0 Å². The number of nitrogens with zero attached hydrogens (tertiary/aromatic N) is 1. The summed E-state index contributed by atoms with van der Waals surface area (Å²) in [6.07, 6.45) is -3.12. The van der Waals surface area contributed by atoms with Gasteiger partial charge in [-0.2, -0.15) is 13.2 Å². The fourth-order valence-corrected chi connectivity index (χ4v) is 1.26. The first-order valence-electron chi connectivity index (χ1n) is 3.03. The highest BCUT2D eigenvalue weighted by molar-refractivity contribution is 7.79. The highest BCUT2D eigenvalue weighted by Crippen LogP contribution is 2.32. The topological polar surface area (TPSA) is 53.0 Å². The van der Waals surface area contributed by atoms with Crippen LogP contribution in [0.1, 0.15) is 5.56 Å². The van der Waals surface area contributed by atoms with Gasteiger partial charge < -0.3 is 4.55 Å². The third-order valence-corrected chi connectivity index (χ3v) is 1.95. The second-order valence-electron chi connectivity index (χ2n) is 2.10. The lowest BCUT2D eigenvalue weighted by Gasteiger charge is -2.12. The van der Waals surface area contributed by atoms with E-state index in [1.807, 2.05) is 0 Å². The second-order valence-corrected chi connectivity index (χ2v) is 3.01. The number of hydrogen-bond donors (Lipinski definition) is 0. The zero-order valence-corrected chi connectivity index (χ0v) is 6.85. The normalized spacial score (nSPS) is 14.2. The van der Waals surface area contributed by atoms with E-state index in [4.69, 9.17) is 0 Å². The van der Waals surface area contributed by atoms with E-state index in [2.05, 4.69) is 4.98 Å². The number of hydrogen-bond acceptors (Lipinski definition) is 3. The van der Waals surface area contributed by atoms with Gasteiger partial charge in [0.25, 0.3) is 0 Å². The molecule has 3 nitrogen and oxygen atoms in total. The molecule has 0 amide bonds. The summed E-state index contributed by atoms with van der Waals surface area (Å²) in [5, 5.41) is 0. The van der Waals surface area contributed by atoms with Crippen molar-refractivity contribution in [3.63, 3.8) is 0 Å². The average molecular weight is 210 g/mol. The molecule has 0 saturated heterocycles. The fourth-order valence-electron chi connectivity index (χ4n) is 0.747. The molecular formula is C6H3F3NO2S-. The number of rotatable bonds is 1. The predicted octanol–water partition coefficient (Wildman–Crippen LogP) is 1.34. The van der Waals surface area contributed by atoms with Crippen molar-refractivity contribution in [2.24, 2.45) is 0 Å². The van der Waals surface area contributed by atoms with Crippen LogP contribution in [-0.4, -0.2) is 13.7 Å². The second kappa shape index (κ2) is 3.43. The van der Waals surface area contributed by atoms with Crippen LogP contribution >= 0.6 is 0 Å². The molecule has 0 aliphatic rings. The first kappa shape index (κ1) is 10.1. The Labute approximate surface area is 73.9 Å². The Morgan fingerprint density at radius 3 is 2.46 bits per heavy atom. The van der Waals surface area contributed by atoms with E-state index in [0.717, 1.165) is 6.20 Å². The average Bonchev–Trinajstić information content (AvgIpc) is 2.03. The van der Waals surface area contributed by atoms with Crippen LogP contribution in [0, 0.1) is 0 Å². The summed E-state index contributed by atoms with van der Waals surface area (Å²) in [6.45, 7) is 0. The standard InChI is InChI=1S/C6H4F3NO2S/c7-6(8,9)4-1-2-10-3-5(4)13(11)12/h1-3H,(H,11,12)/p-1. The van der Waals surface area contributed by atoms with Crippen LogP contribution in [0.5, 0.6) is 0 Å². The molecule has 1 aromatic heterocycles. The van der Waals surface area contributed by atoms with Gasteiger partial charge in [0, 0.05) is 12.4 Å². The highest BCUT2D eigenvalue weighted by atomic mass is 32.2. The summed E-state index contributed by atoms with van der Waals surface area (Å²) in [6, 6.07) is 0.616. The van der Waals surface area contributed by atoms with Gasteiger partial charge >= 0.3 is 6.18 Å². The van der Waals surface area contributed by atoms with Crippen LogP contribution in [0.25, 0.3) is 0 Å². The zero-order chi connectivity index (χ0) is 10.1. The maximum absolute atomic E-state index is 12.1. The summed E-state index contributed by atoms with van der Waals surface area (Å²) in [5.41, 5.74) is -1.20. The smallest absolute Gasteiger partial charge is 0.417 e. The van der Waals surface area contributed by atoms with Gasteiger partial charge in [-0.1, -0.05) is 0 Å². The van der Waals surface area contributed by atoms with E-state index < -0.39 is 27.7 Å². The molecule has 0 aliphatic carbocycles. The Hall–Kier alpha value is -0.950. The lowest BCUT2D eigenvalue weighted by molar-refractivity contribution is -0.140. The first-order valence-corrected chi connectivity index (χ1v) is 4.11. The molecular weight excluding hydrogens is 207 g/mol. The van der Waals surface area contributed by atoms with Crippen LogP contribution in [-0.2, 0) is 17.3 Å². The molecule has 1 rings (SSSR count). The van der Waals surface area contributed by atoms with Crippen molar-refractivity contribution in [3.05, 3.63) is 24.0 Å². The fraction of sp³-hybridized carbons (Fsp3) is 0.167. The molecule has 0 N–H and O–H groups in total. The van der Waals surface area contributed by atoms with E-state index in [-0.39, 0.29) is 0 Å². The van der Waals surface area contributed by atoms with E-state index in [9.17, 15) is 21.9 Å². The van der Waals surface area contributed by atoms with E-state index >= 15 is 0 Å². The quantitative estimate of drug-likeness (QED) is 0.657. The Balaban J connectivity index is 3.28. The molecule has 0 radical (unpaired) electrons. The van der Waals surface area contributed by atoms with E-state index in [1.54, 1.807) is 0 Å². The Kier molecular flexibility index (Phi) is 2.67. The molecule has 0 aliphatic heterocycles. The van der Waals surface area contributed by atoms with Crippen molar-refractivity contribution in [3.8, 4) is 0 Å². The summed E-state index contributed by atoms with van der Waals surface area (Å²) in [7, 11) is 0. The molecule has 13 heavy (non-hydrogen) atoms. The van der Waals surface area contributed by atoms with Crippen molar-refractivity contribution in [1.29, 1.82) is 0 Å². The van der Waals surface area contributed by atoms with Gasteiger partial charge in [0.1, 0.15) is 0 Å². The SMILES string of the molecule is O=S([O-])c1cnccc1C(F)(F)F. The summed E-state index contributed by atoms with van der Waals surface area (Å²) >= 11 is -2.92. The molecule has 7 heteroatoms. The molecule has 1 aromatic rings. The summed E-state index contributed by atoms with van der Waals surface area (Å²) < 4.78 is 57.0. The molecule has 0 fully saturated rings. The molecule has 1 heterocycles. The van der Waals surface area contributed by atoms with Crippen LogP contribution in [0.3, 0.4) is 0 Å². The molecule has 0 saturated carbocycles. The zero-order valence-electron chi connectivity index (χ0n) is 6.04. The van der Waals surface area contributed by atoms with Gasteiger partial charge in [-0.25, -0.2) is 0 Å². The number of alkyl halides is 3. The van der Waals surface area contributed by atoms with Crippen LogP contribution in [0.15, 0.2) is 23.4 Å². The largest absolute Gasteiger partial charge is 0.768 e. The van der Waals surface area contributed by atoms with Gasteiger partial charge in [-0.3, -0.25) is 9.19 Å². The highest BCUT2D eigenvalue weighted by Gasteiger charge is 2.33. The van der Waals surface area contributed by atoms with Gasteiger partial charge in [-0.05, 0) is 17.1 Å². The minimum absolute atomic E-state index is 0.616. The van der Waals surface area contributed by atoms with Crippen molar-refractivity contribution in [1.82, 2.24) is 4.98 Å². The van der Waals surface area contributed by atoms with Gasteiger partial charge in [0.05, 0.1) is 10.5 Å². The van der Waals surface area contributed by atoms with Gasteiger partial charge in [0.2, 0.25) is 0 Å². The van der Waals surface area contributed by atoms with Crippen molar-refractivity contribution in [2.45, 2.75) is 11.1 Å². The third-order valence-electron chi connectivity index (χ3n) is 1.27. The van der Waals surface area contributed by atoms with E-state index in [0.29, 0.717) is 12.3 Å². The van der Waals surface area contributed by atoms with Crippen LogP contribution in [0.2, 0.25) is 0 Å². The van der Waals surface area contributed by atoms with Crippen molar-refractivity contribution >= 4 is 11.1 Å². The van der Waals surface area contributed by atoms with Crippen LogP contribution in [0.4, 0.5) is 13.2 Å². The summed E-state index contributed by atoms with van der Waals surface area (Å²) in [5.74, 6) is 0. The minimum Gasteiger partial charge on any atom is -0.768 e. The third kappa shape index (κ3) is 2.25. The van der Waals surface area contributed by atoms with Crippen molar-refractivity contribution < 1.29 is 21.9 Å². The summed E-state index contributed by atoms with van der Waals surface area (Å²) in [4.78, 5) is 2.45.